The maximum atomic E-state index is 5.98. The van der Waals surface area contributed by atoms with E-state index >= 15 is 0 Å². The molecule has 2 aromatic carbocycles. The molecule has 5 rings (SSSR count). The molecular weight excluding hydrogens is 366 g/mol. The van der Waals surface area contributed by atoms with E-state index in [1.807, 2.05) is 48.5 Å². The lowest BCUT2D eigenvalue weighted by molar-refractivity contribution is 0.0906. The van der Waals surface area contributed by atoms with Gasteiger partial charge in [0.2, 0.25) is 5.13 Å². The molecule has 2 aliphatic rings. The number of nitrogens with zero attached hydrogens (tertiary/aromatic N) is 2. The summed E-state index contributed by atoms with van der Waals surface area (Å²) in [6, 6.07) is 15.3. The third-order valence-electron chi connectivity index (χ3n) is 4.27. The van der Waals surface area contributed by atoms with Crippen LogP contribution in [0.25, 0.3) is 0 Å². The van der Waals surface area contributed by atoms with Gasteiger partial charge in [-0.05, 0) is 24.3 Å². The number of aromatic nitrogens is 2. The molecule has 2 atom stereocenters. The Hall–Kier alpha value is -3.00. The lowest BCUT2D eigenvalue weighted by Gasteiger charge is -2.26. The molecule has 0 aliphatic carbocycles. The molecule has 3 aromatic rings. The smallest absolute Gasteiger partial charge is 0.205 e. The molecule has 0 saturated heterocycles. The van der Waals surface area contributed by atoms with Crippen LogP contribution in [0.2, 0.25) is 0 Å². The molecule has 2 aliphatic heterocycles. The maximum Gasteiger partial charge on any atom is 0.205 e. The molecule has 1 aromatic heterocycles. The van der Waals surface area contributed by atoms with Crippen LogP contribution in [0.3, 0.4) is 0 Å². The van der Waals surface area contributed by atoms with Crippen LogP contribution >= 0.6 is 11.3 Å². The van der Waals surface area contributed by atoms with E-state index < -0.39 is 0 Å². The van der Waals surface area contributed by atoms with Gasteiger partial charge in [0.1, 0.15) is 19.3 Å². The standard InChI is InChI=1S/C19H17N3O4S/c1-3-7-15-13(5-1)23-10-12(25-15)9-20-19-22-21-18(27-19)17-11-24-14-6-2-4-8-16(14)26-17/h1-8,12,17H,9-11H2,(H,20,22). The van der Waals surface area contributed by atoms with Gasteiger partial charge in [-0.2, -0.15) is 0 Å². The molecule has 138 valence electrons. The summed E-state index contributed by atoms with van der Waals surface area (Å²) in [7, 11) is 0. The second-order valence-corrected chi connectivity index (χ2v) is 7.20. The molecule has 8 heteroatoms. The zero-order valence-electron chi connectivity index (χ0n) is 14.3. The monoisotopic (exact) mass is 383 g/mol. The molecule has 0 saturated carbocycles. The summed E-state index contributed by atoms with van der Waals surface area (Å²) in [4.78, 5) is 0. The minimum absolute atomic E-state index is 0.0895. The van der Waals surface area contributed by atoms with Gasteiger partial charge in [-0.15, -0.1) is 10.2 Å². The van der Waals surface area contributed by atoms with E-state index in [9.17, 15) is 0 Å². The molecule has 0 bridgehead atoms. The number of ether oxygens (including phenoxy) is 4. The Balaban J connectivity index is 1.20. The number of para-hydroxylation sites is 4. The van der Waals surface area contributed by atoms with Crippen molar-refractivity contribution in [3.8, 4) is 23.0 Å². The zero-order chi connectivity index (χ0) is 18.1. The molecule has 0 spiro atoms. The number of fused-ring (bicyclic) bond motifs is 2. The Morgan fingerprint density at radius 3 is 2.30 bits per heavy atom. The van der Waals surface area contributed by atoms with Gasteiger partial charge in [0.05, 0.1) is 6.54 Å². The molecule has 0 fully saturated rings. The molecule has 3 heterocycles. The van der Waals surface area contributed by atoms with E-state index in [1.165, 1.54) is 11.3 Å². The summed E-state index contributed by atoms with van der Waals surface area (Å²) in [6.45, 7) is 1.49. The first-order valence-electron chi connectivity index (χ1n) is 8.69. The van der Waals surface area contributed by atoms with Crippen molar-refractivity contribution in [1.29, 1.82) is 0 Å². The van der Waals surface area contributed by atoms with Gasteiger partial charge in [0.25, 0.3) is 0 Å². The normalized spacial score (nSPS) is 20.1. The van der Waals surface area contributed by atoms with Crippen molar-refractivity contribution in [3.63, 3.8) is 0 Å². The minimum atomic E-state index is -0.255. The van der Waals surface area contributed by atoms with E-state index in [0.717, 1.165) is 33.1 Å². The predicted molar refractivity (Wildman–Crippen MR) is 100 cm³/mol. The molecule has 27 heavy (non-hydrogen) atoms. The molecular formula is C19H17N3O4S. The summed E-state index contributed by atoms with van der Waals surface area (Å²) >= 11 is 1.45. The van der Waals surface area contributed by atoms with Crippen molar-refractivity contribution in [2.75, 3.05) is 25.1 Å². The average Bonchev–Trinajstić information content (AvgIpc) is 3.21. The van der Waals surface area contributed by atoms with Crippen molar-refractivity contribution in [2.45, 2.75) is 12.2 Å². The third kappa shape index (κ3) is 3.35. The van der Waals surface area contributed by atoms with Crippen molar-refractivity contribution in [3.05, 3.63) is 53.5 Å². The number of rotatable bonds is 4. The Bertz CT molecular complexity index is 948. The molecule has 2 unspecified atom stereocenters. The summed E-state index contributed by atoms with van der Waals surface area (Å²) in [5.41, 5.74) is 0. The van der Waals surface area contributed by atoms with Crippen molar-refractivity contribution < 1.29 is 18.9 Å². The Morgan fingerprint density at radius 1 is 0.852 bits per heavy atom. The summed E-state index contributed by atoms with van der Waals surface area (Å²) in [5, 5.41) is 13.2. The number of benzene rings is 2. The Kier molecular flexibility index (Phi) is 4.17. The summed E-state index contributed by atoms with van der Waals surface area (Å²) < 4.78 is 23.4. The number of nitrogens with one attached hydrogen (secondary N) is 1. The van der Waals surface area contributed by atoms with Crippen LogP contribution < -0.4 is 24.3 Å². The van der Waals surface area contributed by atoms with E-state index in [0.29, 0.717) is 19.8 Å². The quantitative estimate of drug-likeness (QED) is 0.741. The summed E-state index contributed by atoms with van der Waals surface area (Å²) in [5.74, 6) is 3.03. The highest BCUT2D eigenvalue weighted by atomic mass is 32.1. The second kappa shape index (κ2) is 6.96. The van der Waals surface area contributed by atoms with Crippen molar-refractivity contribution in [2.24, 2.45) is 0 Å². The fourth-order valence-electron chi connectivity index (χ4n) is 2.94. The van der Waals surface area contributed by atoms with Crippen LogP contribution in [-0.4, -0.2) is 36.1 Å². The van der Waals surface area contributed by atoms with Gasteiger partial charge in [-0.1, -0.05) is 35.6 Å². The largest absolute Gasteiger partial charge is 0.486 e. The predicted octanol–water partition coefficient (Wildman–Crippen LogP) is 3.30. The number of hydrogen-bond donors (Lipinski definition) is 1. The highest BCUT2D eigenvalue weighted by Gasteiger charge is 2.26. The maximum absolute atomic E-state index is 5.98. The summed E-state index contributed by atoms with van der Waals surface area (Å²) in [6.07, 6.45) is -0.345. The lowest BCUT2D eigenvalue weighted by Crippen LogP contribution is -2.35. The second-order valence-electron chi connectivity index (χ2n) is 6.19. The van der Waals surface area contributed by atoms with Crippen LogP contribution in [-0.2, 0) is 0 Å². The Morgan fingerprint density at radius 2 is 1.52 bits per heavy atom. The van der Waals surface area contributed by atoms with E-state index in [-0.39, 0.29) is 12.2 Å². The first-order chi connectivity index (χ1) is 13.3. The van der Waals surface area contributed by atoms with Gasteiger partial charge in [-0.25, -0.2) is 0 Å². The van der Waals surface area contributed by atoms with E-state index in [2.05, 4.69) is 15.5 Å². The van der Waals surface area contributed by atoms with Crippen LogP contribution in [0.15, 0.2) is 48.5 Å². The van der Waals surface area contributed by atoms with Crippen LogP contribution in [0.4, 0.5) is 5.13 Å². The fourth-order valence-corrected chi connectivity index (χ4v) is 3.71. The zero-order valence-corrected chi connectivity index (χ0v) is 15.1. The average molecular weight is 383 g/mol. The topological polar surface area (TPSA) is 74.7 Å². The van der Waals surface area contributed by atoms with Crippen molar-refractivity contribution >= 4 is 16.5 Å². The van der Waals surface area contributed by atoms with Crippen LogP contribution in [0.1, 0.15) is 11.1 Å². The van der Waals surface area contributed by atoms with E-state index in [1.54, 1.807) is 0 Å². The third-order valence-corrected chi connectivity index (χ3v) is 5.25. The highest BCUT2D eigenvalue weighted by molar-refractivity contribution is 7.15. The minimum Gasteiger partial charge on any atom is -0.486 e. The van der Waals surface area contributed by atoms with Gasteiger partial charge in [-0.3, -0.25) is 0 Å². The molecule has 0 radical (unpaired) electrons. The lowest BCUT2D eigenvalue weighted by atomic mass is 10.2. The van der Waals surface area contributed by atoms with Crippen LogP contribution in [0, 0.1) is 0 Å². The number of anilines is 1. The number of hydrogen-bond acceptors (Lipinski definition) is 8. The van der Waals surface area contributed by atoms with E-state index in [4.69, 9.17) is 18.9 Å². The van der Waals surface area contributed by atoms with Crippen molar-refractivity contribution in [1.82, 2.24) is 10.2 Å². The first kappa shape index (κ1) is 16.2. The Labute approximate surface area is 159 Å². The first-order valence-corrected chi connectivity index (χ1v) is 9.51. The fraction of sp³-hybridized carbons (Fsp3) is 0.263. The van der Waals surface area contributed by atoms with Crippen LogP contribution in [0.5, 0.6) is 23.0 Å². The SMILES string of the molecule is c1ccc2c(c1)OCC(CNc1nnc(C3COc4ccccc4O3)s1)O2. The highest BCUT2D eigenvalue weighted by Crippen LogP contribution is 2.37. The van der Waals surface area contributed by atoms with Gasteiger partial charge >= 0.3 is 0 Å². The molecule has 7 nitrogen and oxygen atoms in total. The van der Waals surface area contributed by atoms with Gasteiger partial charge in [0, 0.05) is 0 Å². The van der Waals surface area contributed by atoms with Gasteiger partial charge < -0.3 is 24.3 Å². The molecule has 0 amide bonds. The molecule has 1 N–H and O–H groups in total. The van der Waals surface area contributed by atoms with Gasteiger partial charge in [0.15, 0.2) is 34.1 Å².